The maximum Gasteiger partial charge on any atom is 0.358 e. The third kappa shape index (κ3) is 8.88. The van der Waals surface area contributed by atoms with Crippen molar-refractivity contribution in [2.24, 2.45) is 5.73 Å². The zero-order chi connectivity index (χ0) is 16.8. The lowest BCUT2D eigenvalue weighted by molar-refractivity contribution is 0.0518. The first kappa shape index (κ1) is 20.7. The number of methoxy groups -OCH3 is 2. The third-order valence-electron chi connectivity index (χ3n) is 2.12. The normalized spacial score (nSPS) is 9.68. The molecule has 0 spiro atoms. The Bertz CT molecular complexity index is 433. The Labute approximate surface area is 138 Å². The van der Waals surface area contributed by atoms with Crippen LogP contribution >= 0.6 is 15.9 Å². The van der Waals surface area contributed by atoms with E-state index in [-0.39, 0.29) is 5.69 Å². The van der Waals surface area contributed by atoms with E-state index >= 15 is 0 Å². The fourth-order valence-corrected chi connectivity index (χ4v) is 1.53. The number of carbonyl (C=O) groups is 1. The van der Waals surface area contributed by atoms with E-state index in [0.29, 0.717) is 43.3 Å². The second kappa shape index (κ2) is 13.4. The number of nitrogens with zero attached hydrogens (tertiary/aromatic N) is 2. The summed E-state index contributed by atoms with van der Waals surface area (Å²) in [7, 11) is 3.24. The summed E-state index contributed by atoms with van der Waals surface area (Å²) in [5, 5.41) is 2.93. The Kier molecular flexibility index (Phi) is 12.6. The van der Waals surface area contributed by atoms with Gasteiger partial charge in [-0.15, -0.1) is 0 Å². The molecular formula is C13H23BrN4O4. The van der Waals surface area contributed by atoms with Crippen LogP contribution in [0.2, 0.25) is 0 Å². The molecule has 0 saturated carbocycles. The molecule has 9 heteroatoms. The maximum absolute atomic E-state index is 11.6. The first-order valence-corrected chi connectivity index (χ1v) is 7.51. The summed E-state index contributed by atoms with van der Waals surface area (Å²) in [6.45, 7) is 4.44. The van der Waals surface area contributed by atoms with Crippen molar-refractivity contribution in [3.8, 4) is 0 Å². The van der Waals surface area contributed by atoms with Crippen LogP contribution in [0.4, 0.5) is 5.95 Å². The monoisotopic (exact) mass is 378 g/mol. The van der Waals surface area contributed by atoms with Gasteiger partial charge in [-0.25, -0.2) is 14.8 Å². The van der Waals surface area contributed by atoms with Crippen molar-refractivity contribution in [1.82, 2.24) is 9.97 Å². The molecular weight excluding hydrogens is 356 g/mol. The van der Waals surface area contributed by atoms with Crippen LogP contribution in [0.5, 0.6) is 0 Å². The number of nitrogens with one attached hydrogen (secondary N) is 1. The number of hydrogen-bond donors (Lipinski definition) is 2. The summed E-state index contributed by atoms with van der Waals surface area (Å²) < 4.78 is 14.8. The second-order valence-corrected chi connectivity index (χ2v) is 4.67. The van der Waals surface area contributed by atoms with Gasteiger partial charge in [0.1, 0.15) is 0 Å². The molecule has 0 radical (unpaired) electrons. The van der Waals surface area contributed by atoms with Gasteiger partial charge in [-0.2, -0.15) is 0 Å². The number of carbonyl (C=O) groups excluding carboxylic acids is 1. The number of halogens is 1. The minimum Gasteiger partial charge on any atom is -0.461 e. The van der Waals surface area contributed by atoms with Crippen molar-refractivity contribution < 1.29 is 19.0 Å². The van der Waals surface area contributed by atoms with Crippen molar-refractivity contribution in [2.75, 3.05) is 52.4 Å². The molecule has 0 bridgehead atoms. The van der Waals surface area contributed by atoms with Gasteiger partial charge in [-0.1, -0.05) is 0 Å². The highest BCUT2D eigenvalue weighted by Gasteiger charge is 2.14. The van der Waals surface area contributed by atoms with E-state index in [0.717, 1.165) is 0 Å². The van der Waals surface area contributed by atoms with Crippen LogP contribution in [-0.2, 0) is 14.2 Å². The summed E-state index contributed by atoms with van der Waals surface area (Å²) in [4.78, 5) is 19.6. The summed E-state index contributed by atoms with van der Waals surface area (Å²) in [5.41, 5.74) is 5.22. The molecule has 0 atom stereocenters. The molecule has 126 valence electrons. The average molecular weight is 379 g/mol. The van der Waals surface area contributed by atoms with Gasteiger partial charge in [0.05, 0.1) is 24.3 Å². The van der Waals surface area contributed by atoms with E-state index in [1.807, 2.05) is 0 Å². The van der Waals surface area contributed by atoms with E-state index in [1.54, 1.807) is 21.1 Å². The Morgan fingerprint density at radius 2 is 2.05 bits per heavy atom. The van der Waals surface area contributed by atoms with Gasteiger partial charge in [0.25, 0.3) is 0 Å². The molecule has 0 aliphatic rings. The number of esters is 1. The van der Waals surface area contributed by atoms with Crippen molar-refractivity contribution in [2.45, 2.75) is 6.92 Å². The Morgan fingerprint density at radius 1 is 1.36 bits per heavy atom. The number of ether oxygens (including phenoxy) is 3. The third-order valence-corrected chi connectivity index (χ3v) is 2.70. The highest BCUT2D eigenvalue weighted by molar-refractivity contribution is 9.10. The molecule has 1 heterocycles. The SMILES string of the molecule is CCOC(=O)c1nc(NCCOC)ncc1Br.COCCN. The minimum absolute atomic E-state index is 0.210. The molecule has 1 aromatic rings. The summed E-state index contributed by atoms with van der Waals surface area (Å²) >= 11 is 3.20. The van der Waals surface area contributed by atoms with Crippen LogP contribution in [0.1, 0.15) is 17.4 Å². The number of hydrogen-bond acceptors (Lipinski definition) is 8. The van der Waals surface area contributed by atoms with Crippen molar-refractivity contribution in [3.05, 3.63) is 16.4 Å². The average Bonchev–Trinajstić information content (AvgIpc) is 2.51. The largest absolute Gasteiger partial charge is 0.461 e. The van der Waals surface area contributed by atoms with Gasteiger partial charge in [0.2, 0.25) is 5.95 Å². The predicted molar refractivity (Wildman–Crippen MR) is 87.0 cm³/mol. The number of nitrogens with two attached hydrogens (primary N) is 1. The van der Waals surface area contributed by atoms with Gasteiger partial charge < -0.3 is 25.3 Å². The molecule has 0 aromatic carbocycles. The number of rotatable bonds is 8. The quantitative estimate of drug-likeness (QED) is 0.510. The van der Waals surface area contributed by atoms with E-state index in [9.17, 15) is 4.79 Å². The minimum atomic E-state index is -0.475. The molecule has 1 aromatic heterocycles. The van der Waals surface area contributed by atoms with Crippen LogP contribution in [0, 0.1) is 0 Å². The van der Waals surface area contributed by atoms with Crippen LogP contribution in [0.3, 0.4) is 0 Å². The first-order chi connectivity index (χ1) is 10.6. The first-order valence-electron chi connectivity index (χ1n) is 6.72. The molecule has 0 unspecified atom stereocenters. The highest BCUT2D eigenvalue weighted by atomic mass is 79.9. The lowest BCUT2D eigenvalue weighted by Gasteiger charge is -2.07. The zero-order valence-electron chi connectivity index (χ0n) is 13.1. The summed E-state index contributed by atoms with van der Waals surface area (Å²) in [6, 6.07) is 0. The van der Waals surface area contributed by atoms with E-state index in [4.69, 9.17) is 15.2 Å². The zero-order valence-corrected chi connectivity index (χ0v) is 14.7. The second-order valence-electron chi connectivity index (χ2n) is 3.81. The summed E-state index contributed by atoms with van der Waals surface area (Å²) in [6.07, 6.45) is 1.51. The van der Waals surface area contributed by atoms with Crippen LogP contribution in [0.15, 0.2) is 10.7 Å². The van der Waals surface area contributed by atoms with E-state index in [2.05, 4.69) is 36.0 Å². The number of aromatic nitrogens is 2. The fourth-order valence-electron chi connectivity index (χ4n) is 1.18. The molecule has 3 N–H and O–H groups in total. The molecule has 0 aliphatic carbocycles. The van der Waals surface area contributed by atoms with Gasteiger partial charge in [0, 0.05) is 33.5 Å². The Balaban J connectivity index is 0.000000763. The van der Waals surface area contributed by atoms with Crippen molar-refractivity contribution in [1.29, 1.82) is 0 Å². The number of anilines is 1. The predicted octanol–water partition coefficient (Wildman–Crippen LogP) is 1.07. The molecule has 0 saturated heterocycles. The van der Waals surface area contributed by atoms with Gasteiger partial charge >= 0.3 is 5.97 Å². The van der Waals surface area contributed by atoms with E-state index < -0.39 is 5.97 Å². The van der Waals surface area contributed by atoms with Crippen LogP contribution in [-0.4, -0.2) is 63.1 Å². The van der Waals surface area contributed by atoms with Gasteiger partial charge in [0.15, 0.2) is 5.69 Å². The van der Waals surface area contributed by atoms with Crippen molar-refractivity contribution >= 4 is 27.8 Å². The maximum atomic E-state index is 11.6. The van der Waals surface area contributed by atoms with Gasteiger partial charge in [-0.3, -0.25) is 0 Å². The summed E-state index contributed by atoms with van der Waals surface area (Å²) in [5.74, 6) is -0.107. The Morgan fingerprint density at radius 3 is 2.55 bits per heavy atom. The standard InChI is InChI=1S/C10H14BrN3O3.C3H9NO/c1-3-17-9(15)8-7(11)6-13-10(14-8)12-4-5-16-2;1-5-3-2-4/h6H,3-5H2,1-2H3,(H,12,13,14);2-4H2,1H3. The fraction of sp³-hybridized carbons (Fsp3) is 0.615. The lowest BCUT2D eigenvalue weighted by atomic mass is 10.4. The van der Waals surface area contributed by atoms with Crippen LogP contribution in [0.25, 0.3) is 0 Å². The molecule has 0 aliphatic heterocycles. The lowest BCUT2D eigenvalue weighted by Crippen LogP contribution is -2.14. The topological polar surface area (TPSA) is 109 Å². The molecule has 0 fully saturated rings. The van der Waals surface area contributed by atoms with Crippen molar-refractivity contribution in [3.63, 3.8) is 0 Å². The molecule has 22 heavy (non-hydrogen) atoms. The highest BCUT2D eigenvalue weighted by Crippen LogP contribution is 2.15. The van der Waals surface area contributed by atoms with Crippen LogP contribution < -0.4 is 11.1 Å². The molecule has 0 amide bonds. The smallest absolute Gasteiger partial charge is 0.358 e. The Hall–Kier alpha value is -1.29. The van der Waals surface area contributed by atoms with Gasteiger partial charge in [-0.05, 0) is 22.9 Å². The molecule has 1 rings (SSSR count). The van der Waals surface area contributed by atoms with E-state index in [1.165, 1.54) is 6.20 Å². The molecule has 8 nitrogen and oxygen atoms in total.